The van der Waals surface area contributed by atoms with Crippen LogP contribution in [0.15, 0.2) is 21.1 Å². The first kappa shape index (κ1) is 16.6. The van der Waals surface area contributed by atoms with Crippen LogP contribution in [0.3, 0.4) is 0 Å². The summed E-state index contributed by atoms with van der Waals surface area (Å²) in [5.74, 6) is -2.93. The van der Waals surface area contributed by atoms with Gasteiger partial charge < -0.3 is 9.79 Å². The highest BCUT2D eigenvalue weighted by atomic mass is 35.7. The summed E-state index contributed by atoms with van der Waals surface area (Å²) < 4.78 is 0.108. The van der Waals surface area contributed by atoms with Crippen molar-refractivity contribution in [1.82, 2.24) is 0 Å². The highest BCUT2D eigenvalue weighted by Crippen LogP contribution is 2.48. The summed E-state index contributed by atoms with van der Waals surface area (Å²) in [4.78, 5) is 18.6. The quantitative estimate of drug-likeness (QED) is 0.747. The SMILES string of the molecule is OP(O)(Cl)=S(CC=C(Cl)Cl)CC=C(Cl)Cl. The summed E-state index contributed by atoms with van der Waals surface area (Å²) >= 11 is 27.1. The van der Waals surface area contributed by atoms with Gasteiger partial charge in [-0.3, -0.25) is 0 Å². The number of hydrogen-bond donors (Lipinski definition) is 2. The van der Waals surface area contributed by atoms with Crippen molar-refractivity contribution in [3.8, 4) is 0 Å². The lowest BCUT2D eigenvalue weighted by atomic mass is 10.7. The average molecular weight is 352 g/mol. The molecule has 0 spiro atoms. The monoisotopic (exact) mass is 350 g/mol. The third kappa shape index (κ3) is 9.34. The van der Waals surface area contributed by atoms with Gasteiger partial charge in [-0.25, -0.2) is 0 Å². The lowest BCUT2D eigenvalue weighted by molar-refractivity contribution is 0.500. The molecule has 2 N–H and O–H groups in total. The van der Waals surface area contributed by atoms with Crippen molar-refractivity contribution in [2.45, 2.75) is 0 Å². The van der Waals surface area contributed by atoms with Gasteiger partial charge in [0.15, 0.2) is 0 Å². The van der Waals surface area contributed by atoms with Crippen LogP contribution in [0, 0.1) is 0 Å². The van der Waals surface area contributed by atoms with Gasteiger partial charge in [0.25, 0.3) is 0 Å². The predicted molar refractivity (Wildman–Crippen MR) is 73.9 cm³/mol. The zero-order valence-electron chi connectivity index (χ0n) is 7.21. The maximum atomic E-state index is 9.32. The van der Waals surface area contributed by atoms with Gasteiger partial charge in [-0.05, 0) is 23.4 Å². The maximum absolute atomic E-state index is 9.32. The van der Waals surface area contributed by atoms with Crippen molar-refractivity contribution in [3.05, 3.63) is 21.1 Å². The predicted octanol–water partition coefficient (Wildman–Crippen LogP) is 4.14. The Bertz CT molecular complexity index is 296. The van der Waals surface area contributed by atoms with Crippen molar-refractivity contribution in [2.24, 2.45) is 0 Å². The fourth-order valence-corrected chi connectivity index (χ4v) is 5.08. The number of rotatable bonds is 4. The Balaban J connectivity index is 4.80. The van der Waals surface area contributed by atoms with Gasteiger partial charge in [0.05, 0.1) is 0 Å². The first-order valence-electron chi connectivity index (χ1n) is 3.48. The molecule has 0 unspecified atom stereocenters. The molecule has 0 rings (SSSR count). The highest BCUT2D eigenvalue weighted by Gasteiger charge is 2.11. The molecule has 0 aliphatic carbocycles. The standard InChI is InChI=1S/C6H8Cl5O2PS/c7-5(8)1-3-15(14(11,12)13)4-2-6(9)10/h1-2,12-13H,3-4H2. The molecule has 0 saturated heterocycles. The molecule has 0 aromatic heterocycles. The summed E-state index contributed by atoms with van der Waals surface area (Å²) in [5.41, 5.74) is 0. The van der Waals surface area contributed by atoms with E-state index in [-0.39, 0.29) is 20.5 Å². The highest BCUT2D eigenvalue weighted by molar-refractivity contribution is 8.37. The molecular formula is C6H8Cl5O2PS. The smallest absolute Gasteiger partial charge is 0.236 e. The van der Waals surface area contributed by atoms with Crippen LogP contribution in [-0.2, 0) is 10.1 Å². The zero-order chi connectivity index (χ0) is 12.1. The number of halogens is 5. The van der Waals surface area contributed by atoms with Crippen molar-refractivity contribution in [2.75, 3.05) is 11.5 Å². The molecule has 0 aliphatic rings. The van der Waals surface area contributed by atoms with Crippen molar-refractivity contribution in [1.29, 1.82) is 0 Å². The summed E-state index contributed by atoms with van der Waals surface area (Å²) in [6.45, 7) is 0. The molecule has 0 atom stereocenters. The Morgan fingerprint density at radius 1 is 1.00 bits per heavy atom. The van der Waals surface area contributed by atoms with Gasteiger partial charge in [0.2, 0.25) is 5.84 Å². The molecule has 0 aromatic rings. The number of hydrogen-bond acceptors (Lipinski definition) is 0. The van der Waals surface area contributed by atoms with Gasteiger partial charge in [0, 0.05) is 11.5 Å². The van der Waals surface area contributed by atoms with Crippen LogP contribution in [0.1, 0.15) is 0 Å². The molecule has 0 aliphatic heterocycles. The first-order chi connectivity index (χ1) is 6.73. The molecule has 90 valence electrons. The minimum atomic E-state index is -3.46. The summed E-state index contributed by atoms with van der Waals surface area (Å²) in [5, 5.41) is 0. The lowest BCUT2D eigenvalue weighted by Gasteiger charge is -2.11. The molecule has 0 radical (unpaired) electrons. The van der Waals surface area contributed by atoms with E-state index in [1.165, 1.54) is 12.2 Å². The third-order valence-electron chi connectivity index (χ3n) is 1.19. The molecule has 15 heavy (non-hydrogen) atoms. The summed E-state index contributed by atoms with van der Waals surface area (Å²) in [6.07, 6.45) is 2.90. The van der Waals surface area contributed by atoms with Gasteiger partial charge >= 0.3 is 0 Å². The van der Waals surface area contributed by atoms with Crippen LogP contribution >= 0.6 is 63.5 Å². The van der Waals surface area contributed by atoms with Crippen molar-refractivity contribution >= 4 is 73.6 Å². The van der Waals surface area contributed by atoms with E-state index in [1.807, 2.05) is 0 Å². The van der Waals surface area contributed by atoms with Crippen molar-refractivity contribution in [3.63, 3.8) is 0 Å². The summed E-state index contributed by atoms with van der Waals surface area (Å²) in [7, 11) is -0.886. The molecule has 0 saturated carbocycles. The van der Waals surface area contributed by atoms with E-state index < -0.39 is 15.9 Å². The van der Waals surface area contributed by atoms with E-state index in [0.29, 0.717) is 0 Å². The van der Waals surface area contributed by atoms with Gasteiger partial charge in [-0.1, -0.05) is 46.4 Å². The summed E-state index contributed by atoms with van der Waals surface area (Å²) in [6, 6.07) is 0. The van der Waals surface area contributed by atoms with Gasteiger partial charge in [-0.2, -0.15) is 0 Å². The molecule has 0 amide bonds. The fraction of sp³-hybridized carbons (Fsp3) is 0.333. The first-order valence-corrected chi connectivity index (χ1v) is 9.76. The third-order valence-corrected chi connectivity index (χ3v) is 8.19. The second kappa shape index (κ2) is 7.86. The Kier molecular flexibility index (Phi) is 8.71. The van der Waals surface area contributed by atoms with Crippen LogP contribution < -0.4 is 0 Å². The van der Waals surface area contributed by atoms with Crippen LogP contribution in [0.5, 0.6) is 0 Å². The molecule has 9 heteroatoms. The van der Waals surface area contributed by atoms with Crippen molar-refractivity contribution < 1.29 is 9.79 Å². The normalized spacial score (nSPS) is 11.5. The van der Waals surface area contributed by atoms with Gasteiger partial charge in [-0.15, -0.1) is 10.1 Å². The molecule has 0 aromatic carbocycles. The Morgan fingerprint density at radius 2 is 1.33 bits per heavy atom. The maximum Gasteiger partial charge on any atom is 0.236 e. The molecule has 0 bridgehead atoms. The van der Waals surface area contributed by atoms with Gasteiger partial charge in [0.1, 0.15) is 8.98 Å². The molecule has 0 heterocycles. The van der Waals surface area contributed by atoms with Crippen LogP contribution in [0.2, 0.25) is 0 Å². The lowest BCUT2D eigenvalue weighted by Crippen LogP contribution is -2.00. The molecular weight excluding hydrogens is 344 g/mol. The average Bonchev–Trinajstić information content (AvgIpc) is 2.00. The minimum absolute atomic E-state index is 0.0542. The van der Waals surface area contributed by atoms with E-state index in [9.17, 15) is 9.79 Å². The second-order valence-electron chi connectivity index (χ2n) is 2.26. The Morgan fingerprint density at radius 3 is 1.53 bits per heavy atom. The van der Waals surface area contributed by atoms with Crippen LogP contribution in [-0.4, -0.2) is 21.3 Å². The fourth-order valence-electron chi connectivity index (χ4n) is 0.576. The minimum Gasteiger partial charge on any atom is -0.338 e. The van der Waals surface area contributed by atoms with E-state index in [2.05, 4.69) is 0 Å². The van der Waals surface area contributed by atoms with E-state index in [0.717, 1.165) is 0 Å². The zero-order valence-corrected chi connectivity index (χ0v) is 12.7. The topological polar surface area (TPSA) is 40.5 Å². The van der Waals surface area contributed by atoms with Crippen LogP contribution in [0.25, 0.3) is 0 Å². The Hall–Kier alpha value is 1.63. The van der Waals surface area contributed by atoms with E-state index >= 15 is 0 Å². The molecule has 2 nitrogen and oxygen atoms in total. The second-order valence-corrected chi connectivity index (χ2v) is 11.9. The largest absolute Gasteiger partial charge is 0.338 e. The van der Waals surface area contributed by atoms with Crippen LogP contribution in [0.4, 0.5) is 0 Å². The van der Waals surface area contributed by atoms with E-state index in [4.69, 9.17) is 57.6 Å². The Labute approximate surface area is 115 Å². The van der Waals surface area contributed by atoms with E-state index in [1.54, 1.807) is 0 Å². The molecule has 0 fully saturated rings.